The van der Waals surface area contributed by atoms with Gasteiger partial charge in [-0.1, -0.05) is 30.3 Å². The Bertz CT molecular complexity index is 1230. The zero-order valence-corrected chi connectivity index (χ0v) is 15.7. The predicted octanol–water partition coefficient (Wildman–Crippen LogP) is 4.05. The number of hydrogen-bond acceptors (Lipinski definition) is 6. The molecule has 11 heteroatoms. The average Bonchev–Trinajstić information content (AvgIpc) is 3.46. The number of nitriles is 1. The Labute approximate surface area is 173 Å². The lowest BCUT2D eigenvalue weighted by molar-refractivity contribution is -0.141. The fourth-order valence-electron chi connectivity index (χ4n) is 2.81. The number of para-hydroxylation sites is 1. The molecule has 2 aromatic heterocycles. The summed E-state index contributed by atoms with van der Waals surface area (Å²) in [5, 5.41) is 29.0. The Hall–Kier alpha value is -4.46. The number of benzene rings is 2. The summed E-state index contributed by atoms with van der Waals surface area (Å²) >= 11 is 0. The number of nitrogens with one attached hydrogen (secondary N) is 2. The number of anilines is 1. The predicted molar refractivity (Wildman–Crippen MR) is 105 cm³/mol. The van der Waals surface area contributed by atoms with E-state index in [-0.39, 0.29) is 11.4 Å². The van der Waals surface area contributed by atoms with Crippen molar-refractivity contribution >= 4 is 11.3 Å². The van der Waals surface area contributed by atoms with Crippen molar-refractivity contribution in [2.75, 3.05) is 5.32 Å². The van der Waals surface area contributed by atoms with E-state index in [9.17, 15) is 18.4 Å². The van der Waals surface area contributed by atoms with Crippen molar-refractivity contribution in [2.24, 2.45) is 0 Å². The number of alkyl halides is 3. The highest BCUT2D eigenvalue weighted by molar-refractivity contribution is 5.74. The molecule has 0 atom stereocenters. The quantitative estimate of drug-likeness (QED) is 0.470. The van der Waals surface area contributed by atoms with Crippen molar-refractivity contribution < 1.29 is 13.2 Å². The molecule has 31 heavy (non-hydrogen) atoms. The van der Waals surface area contributed by atoms with E-state index in [0.29, 0.717) is 22.6 Å². The van der Waals surface area contributed by atoms with E-state index in [1.165, 1.54) is 10.9 Å². The second-order valence-corrected chi connectivity index (χ2v) is 6.29. The number of tetrazole rings is 1. The van der Waals surface area contributed by atoms with Gasteiger partial charge in [0.25, 0.3) is 0 Å². The first-order chi connectivity index (χ1) is 15.0. The van der Waals surface area contributed by atoms with Crippen LogP contribution in [0.2, 0.25) is 0 Å². The Morgan fingerprint density at radius 2 is 1.84 bits per heavy atom. The molecule has 0 unspecified atom stereocenters. The van der Waals surface area contributed by atoms with Gasteiger partial charge >= 0.3 is 6.18 Å². The summed E-state index contributed by atoms with van der Waals surface area (Å²) in [6, 6.07) is 18.2. The van der Waals surface area contributed by atoms with Crippen LogP contribution in [0.5, 0.6) is 0 Å². The number of H-pyrrole nitrogens is 1. The molecule has 0 saturated heterocycles. The van der Waals surface area contributed by atoms with Gasteiger partial charge in [0.1, 0.15) is 11.6 Å². The van der Waals surface area contributed by atoms with Gasteiger partial charge in [-0.05, 0) is 35.5 Å². The first-order valence-corrected chi connectivity index (χ1v) is 8.89. The van der Waals surface area contributed by atoms with Crippen LogP contribution in [0.4, 0.5) is 18.9 Å². The molecule has 0 aliphatic heterocycles. The number of nitrogens with zero attached hydrogens (tertiary/aromatic N) is 6. The molecular formula is C20H13F3N8. The molecule has 4 rings (SSSR count). The van der Waals surface area contributed by atoms with Crippen molar-refractivity contribution in [3.63, 3.8) is 0 Å². The van der Waals surface area contributed by atoms with E-state index < -0.39 is 11.9 Å². The Kier molecular flexibility index (Phi) is 5.19. The van der Waals surface area contributed by atoms with Gasteiger partial charge in [-0.2, -0.15) is 28.7 Å². The minimum absolute atomic E-state index is 0.137. The maximum absolute atomic E-state index is 13.3. The summed E-state index contributed by atoms with van der Waals surface area (Å²) < 4.78 is 41.1. The van der Waals surface area contributed by atoms with Crippen LogP contribution in [-0.4, -0.2) is 30.4 Å². The smallest absolute Gasteiger partial charge is 0.360 e. The Balaban J connectivity index is 1.65. The van der Waals surface area contributed by atoms with Crippen LogP contribution in [0.25, 0.3) is 22.5 Å². The summed E-state index contributed by atoms with van der Waals surface area (Å²) in [6.07, 6.45) is -3.15. The fourth-order valence-corrected chi connectivity index (χ4v) is 2.81. The van der Waals surface area contributed by atoms with Crippen LogP contribution in [-0.2, 0) is 6.18 Å². The second kappa shape index (κ2) is 8.11. The Morgan fingerprint density at radius 3 is 2.45 bits per heavy atom. The molecule has 4 aromatic rings. The van der Waals surface area contributed by atoms with E-state index in [0.717, 1.165) is 6.07 Å². The average molecular weight is 422 g/mol. The van der Waals surface area contributed by atoms with Crippen LogP contribution in [0.15, 0.2) is 66.9 Å². The SMILES string of the molecule is N#CC(=CNc1ccc(-c2cc(C(F)(F)F)nn2-c2ccccc2)cc1)c1nn[nH]n1. The third-order valence-electron chi connectivity index (χ3n) is 4.27. The van der Waals surface area contributed by atoms with E-state index in [4.69, 9.17) is 0 Å². The van der Waals surface area contributed by atoms with Crippen molar-refractivity contribution in [3.05, 3.63) is 78.4 Å². The minimum Gasteiger partial charge on any atom is -0.360 e. The summed E-state index contributed by atoms with van der Waals surface area (Å²) in [4.78, 5) is 0. The standard InChI is InChI=1S/C20H13F3N8/c21-20(22,23)18-10-17(31(28-18)16-4-2-1-3-5-16)13-6-8-15(9-7-13)25-12-14(11-24)19-26-29-30-27-19/h1-10,12,25H,(H,26,27,29,30). The normalized spacial score (nSPS) is 11.9. The molecule has 2 N–H and O–H groups in total. The van der Waals surface area contributed by atoms with Gasteiger partial charge in [0.15, 0.2) is 5.69 Å². The summed E-state index contributed by atoms with van der Waals surface area (Å²) in [7, 11) is 0. The molecule has 0 saturated carbocycles. The first-order valence-electron chi connectivity index (χ1n) is 8.89. The summed E-state index contributed by atoms with van der Waals surface area (Å²) in [6.45, 7) is 0. The molecule has 154 valence electrons. The lowest BCUT2D eigenvalue weighted by atomic mass is 10.1. The van der Waals surface area contributed by atoms with Gasteiger partial charge in [0, 0.05) is 17.5 Å². The lowest BCUT2D eigenvalue weighted by Gasteiger charge is -2.08. The molecule has 2 aromatic carbocycles. The van der Waals surface area contributed by atoms with Crippen molar-refractivity contribution in [1.82, 2.24) is 30.4 Å². The maximum Gasteiger partial charge on any atom is 0.435 e. The van der Waals surface area contributed by atoms with E-state index in [1.807, 2.05) is 6.07 Å². The first kappa shape index (κ1) is 19.8. The number of allylic oxidation sites excluding steroid dienone is 1. The molecule has 0 amide bonds. The zero-order chi connectivity index (χ0) is 21.8. The highest BCUT2D eigenvalue weighted by Crippen LogP contribution is 2.33. The van der Waals surface area contributed by atoms with Crippen LogP contribution < -0.4 is 5.32 Å². The molecule has 0 aliphatic rings. The third-order valence-corrected chi connectivity index (χ3v) is 4.27. The molecule has 0 spiro atoms. The Morgan fingerprint density at radius 1 is 1.10 bits per heavy atom. The summed E-state index contributed by atoms with van der Waals surface area (Å²) in [5.41, 5.74) is 1.15. The van der Waals surface area contributed by atoms with Crippen LogP contribution in [0.1, 0.15) is 11.5 Å². The maximum atomic E-state index is 13.3. The molecule has 0 radical (unpaired) electrons. The number of halogens is 3. The number of aromatic amines is 1. The van der Waals surface area contributed by atoms with Gasteiger partial charge in [0.2, 0.25) is 5.82 Å². The van der Waals surface area contributed by atoms with Crippen molar-refractivity contribution in [3.8, 4) is 23.0 Å². The fraction of sp³-hybridized carbons (Fsp3) is 0.0500. The number of hydrogen-bond donors (Lipinski definition) is 2. The third kappa shape index (κ3) is 4.27. The van der Waals surface area contributed by atoms with Gasteiger partial charge in [-0.25, -0.2) is 4.68 Å². The molecule has 0 bridgehead atoms. The van der Waals surface area contributed by atoms with Gasteiger partial charge < -0.3 is 5.32 Å². The van der Waals surface area contributed by atoms with Crippen molar-refractivity contribution in [1.29, 1.82) is 5.26 Å². The van der Waals surface area contributed by atoms with E-state index >= 15 is 0 Å². The number of aromatic nitrogens is 6. The minimum atomic E-state index is -4.57. The van der Waals surface area contributed by atoms with Crippen LogP contribution >= 0.6 is 0 Å². The van der Waals surface area contributed by atoms with Gasteiger partial charge in [0.05, 0.1) is 11.4 Å². The second-order valence-electron chi connectivity index (χ2n) is 6.29. The molecule has 8 nitrogen and oxygen atoms in total. The molecular weight excluding hydrogens is 409 g/mol. The molecule has 2 heterocycles. The van der Waals surface area contributed by atoms with Crippen molar-refractivity contribution in [2.45, 2.75) is 6.18 Å². The van der Waals surface area contributed by atoms with E-state index in [1.54, 1.807) is 54.6 Å². The molecule has 0 aliphatic carbocycles. The topological polar surface area (TPSA) is 108 Å². The largest absolute Gasteiger partial charge is 0.435 e. The van der Waals surface area contributed by atoms with Gasteiger partial charge in [-0.3, -0.25) is 0 Å². The van der Waals surface area contributed by atoms with Crippen LogP contribution in [0.3, 0.4) is 0 Å². The number of rotatable bonds is 5. The highest BCUT2D eigenvalue weighted by Gasteiger charge is 2.35. The van der Waals surface area contributed by atoms with E-state index in [2.05, 4.69) is 31.0 Å². The van der Waals surface area contributed by atoms with Gasteiger partial charge in [-0.15, -0.1) is 10.2 Å². The summed E-state index contributed by atoms with van der Waals surface area (Å²) in [5.74, 6) is 0.137. The molecule has 0 fully saturated rings. The van der Waals surface area contributed by atoms with Crippen LogP contribution in [0, 0.1) is 11.3 Å². The lowest BCUT2D eigenvalue weighted by Crippen LogP contribution is -2.07. The monoisotopic (exact) mass is 422 g/mol. The highest BCUT2D eigenvalue weighted by atomic mass is 19.4. The zero-order valence-electron chi connectivity index (χ0n) is 15.7.